The van der Waals surface area contributed by atoms with Gasteiger partial charge in [-0.1, -0.05) is 89.7 Å². The highest BCUT2D eigenvalue weighted by atomic mass is 79.9. The quantitative estimate of drug-likeness (QED) is 0.327. The van der Waals surface area contributed by atoms with E-state index in [9.17, 15) is 0 Å². The van der Waals surface area contributed by atoms with Crippen LogP contribution in [-0.2, 0) is 0 Å². The summed E-state index contributed by atoms with van der Waals surface area (Å²) >= 11 is 17.2. The third-order valence-corrected chi connectivity index (χ3v) is 5.62. The fraction of sp³-hybridized carbons (Fsp3) is 0.0588. The molecule has 0 aliphatic heterocycles. The second kappa shape index (κ2) is 6.41. The molecule has 0 heterocycles. The van der Waals surface area contributed by atoms with E-state index in [2.05, 4.69) is 78.1 Å². The molecule has 0 amide bonds. The monoisotopic (exact) mass is 486 g/mol. The Bertz CT molecular complexity index is 794. The minimum Gasteiger partial charge on any atom is -0.0837 e. The minimum atomic E-state index is 0.105. The highest BCUT2D eigenvalue weighted by Gasteiger charge is 2.15. The van der Waals surface area contributed by atoms with Crippen molar-refractivity contribution in [3.63, 3.8) is 0 Å². The van der Waals surface area contributed by atoms with Crippen LogP contribution in [0.2, 0.25) is 5.02 Å². The van der Waals surface area contributed by atoms with Crippen molar-refractivity contribution in [1.29, 1.82) is 0 Å². The average molecular weight is 489 g/mol. The Hall–Kier alpha value is -0.350. The first kappa shape index (κ1) is 15.5. The first-order valence-corrected chi connectivity index (χ1v) is 9.21. The molecule has 0 nitrogen and oxygen atoms in total. The minimum absolute atomic E-state index is 0.105. The van der Waals surface area contributed by atoms with Crippen LogP contribution in [0.1, 0.15) is 16.0 Å². The summed E-state index contributed by atoms with van der Waals surface area (Å²) in [6.45, 7) is 0. The summed E-state index contributed by atoms with van der Waals surface area (Å²) in [5.41, 5.74) is 2.39. The molecular formula is C17H10Br3Cl. The summed E-state index contributed by atoms with van der Waals surface area (Å²) in [5, 5.41) is 3.03. The van der Waals surface area contributed by atoms with Crippen LogP contribution < -0.4 is 0 Å². The second-order valence-corrected chi connectivity index (χ2v) is 7.90. The molecule has 1 unspecified atom stereocenters. The van der Waals surface area contributed by atoms with Gasteiger partial charge in [-0.2, -0.15) is 0 Å². The molecule has 3 rings (SSSR count). The van der Waals surface area contributed by atoms with E-state index in [1.165, 1.54) is 16.5 Å². The smallest absolute Gasteiger partial charge is 0.0651 e. The Kier molecular flexibility index (Phi) is 4.75. The van der Waals surface area contributed by atoms with Gasteiger partial charge in [0.2, 0.25) is 0 Å². The standard InChI is InChI=1S/C17H10Br3Cl/c18-11-7-10(8-12(19)9-11)17(20)15-5-6-16(21)14-4-2-1-3-13(14)15/h1-9,17H. The lowest BCUT2D eigenvalue weighted by atomic mass is 9.98. The zero-order valence-corrected chi connectivity index (χ0v) is 16.3. The molecule has 0 N–H and O–H groups in total. The third kappa shape index (κ3) is 3.21. The molecule has 0 radical (unpaired) electrons. The zero-order valence-electron chi connectivity index (χ0n) is 10.8. The number of rotatable bonds is 2. The normalized spacial score (nSPS) is 12.6. The first-order chi connectivity index (χ1) is 10.1. The lowest BCUT2D eigenvalue weighted by molar-refractivity contribution is 1.19. The molecule has 0 saturated carbocycles. The Balaban J connectivity index is 2.18. The average Bonchev–Trinajstić information content (AvgIpc) is 2.46. The molecule has 0 bridgehead atoms. The lowest BCUT2D eigenvalue weighted by Gasteiger charge is -2.15. The molecule has 3 aromatic carbocycles. The highest BCUT2D eigenvalue weighted by molar-refractivity contribution is 9.11. The molecule has 0 saturated heterocycles. The molecular weight excluding hydrogens is 479 g/mol. The van der Waals surface area contributed by atoms with E-state index in [0.29, 0.717) is 0 Å². The van der Waals surface area contributed by atoms with Crippen LogP contribution in [-0.4, -0.2) is 0 Å². The van der Waals surface area contributed by atoms with Crippen molar-refractivity contribution in [1.82, 2.24) is 0 Å². The van der Waals surface area contributed by atoms with E-state index in [-0.39, 0.29) is 4.83 Å². The van der Waals surface area contributed by atoms with Gasteiger partial charge in [0.05, 0.1) is 4.83 Å². The Morgan fingerprint density at radius 3 is 2.10 bits per heavy atom. The van der Waals surface area contributed by atoms with Gasteiger partial charge < -0.3 is 0 Å². The van der Waals surface area contributed by atoms with Crippen LogP contribution in [0.15, 0.2) is 63.5 Å². The summed E-state index contributed by atoms with van der Waals surface area (Å²) in [6.07, 6.45) is 0. The first-order valence-electron chi connectivity index (χ1n) is 6.33. The molecule has 0 aromatic heterocycles. The van der Waals surface area contributed by atoms with Crippen LogP contribution >= 0.6 is 59.4 Å². The van der Waals surface area contributed by atoms with E-state index >= 15 is 0 Å². The van der Waals surface area contributed by atoms with Crippen molar-refractivity contribution in [2.75, 3.05) is 0 Å². The molecule has 21 heavy (non-hydrogen) atoms. The zero-order chi connectivity index (χ0) is 15.0. The molecule has 1 atom stereocenters. The topological polar surface area (TPSA) is 0 Å². The van der Waals surface area contributed by atoms with Crippen LogP contribution in [0.4, 0.5) is 0 Å². The van der Waals surface area contributed by atoms with Crippen LogP contribution in [0.5, 0.6) is 0 Å². The van der Waals surface area contributed by atoms with Gasteiger partial charge in [0.1, 0.15) is 0 Å². The Labute approximate surface area is 153 Å². The predicted octanol–water partition coefficient (Wildman–Crippen LogP) is 7.50. The van der Waals surface area contributed by atoms with Gasteiger partial charge in [0.15, 0.2) is 0 Å². The molecule has 4 heteroatoms. The SMILES string of the molecule is Clc1ccc(C(Br)c2cc(Br)cc(Br)c2)c2ccccc12. The second-order valence-electron chi connectivity index (χ2n) is 4.75. The maximum Gasteiger partial charge on any atom is 0.0651 e. The lowest BCUT2D eigenvalue weighted by Crippen LogP contribution is -1.95. The summed E-state index contributed by atoms with van der Waals surface area (Å²) in [7, 11) is 0. The fourth-order valence-electron chi connectivity index (χ4n) is 2.41. The summed E-state index contributed by atoms with van der Waals surface area (Å²) in [6, 6.07) is 18.5. The van der Waals surface area contributed by atoms with E-state index in [4.69, 9.17) is 11.6 Å². The van der Waals surface area contributed by atoms with Crippen molar-refractivity contribution in [2.45, 2.75) is 4.83 Å². The van der Waals surface area contributed by atoms with Crippen molar-refractivity contribution < 1.29 is 0 Å². The highest BCUT2D eigenvalue weighted by Crippen LogP contribution is 2.39. The van der Waals surface area contributed by atoms with Crippen molar-refractivity contribution in [3.05, 3.63) is 79.7 Å². The van der Waals surface area contributed by atoms with Gasteiger partial charge in [0.25, 0.3) is 0 Å². The number of hydrogen-bond acceptors (Lipinski definition) is 0. The Morgan fingerprint density at radius 2 is 1.43 bits per heavy atom. The van der Waals surface area contributed by atoms with Crippen molar-refractivity contribution in [3.8, 4) is 0 Å². The molecule has 0 aliphatic rings. The number of alkyl halides is 1. The molecule has 106 valence electrons. The van der Waals surface area contributed by atoms with Gasteiger partial charge in [0, 0.05) is 19.4 Å². The maximum absolute atomic E-state index is 6.30. The van der Waals surface area contributed by atoms with Gasteiger partial charge in [-0.25, -0.2) is 0 Å². The maximum atomic E-state index is 6.30. The number of halogens is 4. The van der Waals surface area contributed by atoms with Crippen LogP contribution in [0.3, 0.4) is 0 Å². The molecule has 0 aliphatic carbocycles. The fourth-order valence-corrected chi connectivity index (χ4v) is 4.63. The van der Waals surface area contributed by atoms with Crippen LogP contribution in [0, 0.1) is 0 Å². The van der Waals surface area contributed by atoms with E-state index in [1.54, 1.807) is 0 Å². The van der Waals surface area contributed by atoms with Gasteiger partial charge in [-0.15, -0.1) is 0 Å². The molecule has 3 aromatic rings. The van der Waals surface area contributed by atoms with Crippen molar-refractivity contribution >= 4 is 70.2 Å². The summed E-state index contributed by atoms with van der Waals surface area (Å²) < 4.78 is 2.10. The van der Waals surface area contributed by atoms with Gasteiger partial charge >= 0.3 is 0 Å². The molecule has 0 spiro atoms. The molecule has 0 fully saturated rings. The van der Waals surface area contributed by atoms with E-state index in [1.807, 2.05) is 24.3 Å². The largest absolute Gasteiger partial charge is 0.0837 e. The van der Waals surface area contributed by atoms with Gasteiger partial charge in [-0.05, 0) is 40.8 Å². The van der Waals surface area contributed by atoms with E-state index < -0.39 is 0 Å². The summed E-state index contributed by atoms with van der Waals surface area (Å²) in [5.74, 6) is 0. The third-order valence-electron chi connectivity index (χ3n) is 3.36. The van der Waals surface area contributed by atoms with E-state index in [0.717, 1.165) is 19.4 Å². The predicted molar refractivity (Wildman–Crippen MR) is 102 cm³/mol. The van der Waals surface area contributed by atoms with Gasteiger partial charge in [-0.3, -0.25) is 0 Å². The number of benzene rings is 3. The number of fused-ring (bicyclic) bond motifs is 1. The Morgan fingerprint density at radius 1 is 0.810 bits per heavy atom. The van der Waals surface area contributed by atoms with Crippen molar-refractivity contribution in [2.24, 2.45) is 0 Å². The summed E-state index contributed by atoms with van der Waals surface area (Å²) in [4.78, 5) is 0.105. The van der Waals surface area contributed by atoms with Crippen LogP contribution in [0.25, 0.3) is 10.8 Å². The number of hydrogen-bond donors (Lipinski definition) is 0.